The second kappa shape index (κ2) is 4.54. The maximum absolute atomic E-state index is 4.19. The van der Waals surface area contributed by atoms with Crippen LogP contribution in [0.15, 0.2) is 24.5 Å². The van der Waals surface area contributed by atoms with E-state index in [0.717, 1.165) is 18.9 Å². The van der Waals surface area contributed by atoms with Gasteiger partial charge in [-0.15, -0.1) is 0 Å². The van der Waals surface area contributed by atoms with Crippen LogP contribution in [0.4, 0.5) is 0 Å². The Labute approximate surface area is 98.5 Å². The number of hydrogen-bond acceptors (Lipinski definition) is 2. The number of nitrogens with one attached hydrogen (secondary N) is 1. The fraction of sp³-hybridized carbons (Fsp3) is 0.643. The van der Waals surface area contributed by atoms with Crippen LogP contribution in [-0.4, -0.2) is 17.6 Å². The zero-order chi connectivity index (χ0) is 11.6. The summed E-state index contributed by atoms with van der Waals surface area (Å²) in [7, 11) is 0. The Morgan fingerprint density at radius 2 is 2.31 bits per heavy atom. The summed E-state index contributed by atoms with van der Waals surface area (Å²) in [4.78, 5) is 4.19. The van der Waals surface area contributed by atoms with Crippen LogP contribution >= 0.6 is 0 Å². The van der Waals surface area contributed by atoms with Crippen molar-refractivity contribution < 1.29 is 0 Å². The highest BCUT2D eigenvalue weighted by Gasteiger charge is 2.49. The van der Waals surface area contributed by atoms with Crippen LogP contribution in [0, 0.1) is 11.3 Å². The average Bonchev–Trinajstić information content (AvgIpc) is 2.89. The van der Waals surface area contributed by atoms with Gasteiger partial charge in [-0.1, -0.05) is 26.8 Å². The lowest BCUT2D eigenvalue weighted by Gasteiger charge is -2.19. The lowest BCUT2D eigenvalue weighted by Crippen LogP contribution is -2.34. The lowest BCUT2D eigenvalue weighted by atomic mass is 9.98. The van der Waals surface area contributed by atoms with Crippen molar-refractivity contribution in [1.82, 2.24) is 10.3 Å². The lowest BCUT2D eigenvalue weighted by molar-refractivity contribution is 0.409. The van der Waals surface area contributed by atoms with Crippen LogP contribution < -0.4 is 5.32 Å². The summed E-state index contributed by atoms with van der Waals surface area (Å²) in [5, 5.41) is 3.62. The summed E-state index contributed by atoms with van der Waals surface area (Å²) < 4.78 is 0. The van der Waals surface area contributed by atoms with E-state index < -0.39 is 0 Å². The minimum absolute atomic E-state index is 0.537. The summed E-state index contributed by atoms with van der Waals surface area (Å²) in [6.45, 7) is 7.97. The molecule has 1 saturated carbocycles. The van der Waals surface area contributed by atoms with Gasteiger partial charge >= 0.3 is 0 Å². The highest BCUT2D eigenvalue weighted by Crippen LogP contribution is 2.53. The summed E-state index contributed by atoms with van der Waals surface area (Å²) in [6.07, 6.45) is 6.28. The maximum Gasteiger partial charge on any atom is 0.0300 e. The number of likely N-dealkylation sites (N-methyl/N-ethyl adjacent to an activating group) is 1. The summed E-state index contributed by atoms with van der Waals surface area (Å²) in [5.41, 5.74) is 1.88. The topological polar surface area (TPSA) is 24.9 Å². The third-order valence-electron chi connectivity index (χ3n) is 3.72. The second-order valence-electron chi connectivity index (χ2n) is 5.53. The molecule has 1 aromatic rings. The number of hydrogen-bond donors (Lipinski definition) is 1. The molecular formula is C14H22N2. The molecule has 0 saturated heterocycles. The zero-order valence-corrected chi connectivity index (χ0v) is 10.5. The van der Waals surface area contributed by atoms with Crippen LogP contribution in [0.1, 0.15) is 32.8 Å². The molecule has 0 bridgehead atoms. The van der Waals surface area contributed by atoms with Crippen molar-refractivity contribution in [2.75, 3.05) is 6.54 Å². The monoisotopic (exact) mass is 218 g/mol. The molecule has 88 valence electrons. The van der Waals surface area contributed by atoms with Gasteiger partial charge in [0.2, 0.25) is 0 Å². The molecule has 2 unspecified atom stereocenters. The number of aromatic nitrogens is 1. The molecule has 2 nitrogen and oxygen atoms in total. The molecule has 2 atom stereocenters. The SMILES string of the molecule is CCNC(Cc1cccnc1)C1CC1(C)C. The molecule has 1 fully saturated rings. The normalized spacial score (nSPS) is 24.1. The van der Waals surface area contributed by atoms with Crippen molar-refractivity contribution >= 4 is 0 Å². The van der Waals surface area contributed by atoms with Crippen LogP contribution in [0.3, 0.4) is 0 Å². The molecule has 1 heterocycles. The number of pyridine rings is 1. The predicted octanol–water partition coefficient (Wildman–Crippen LogP) is 2.65. The van der Waals surface area contributed by atoms with Crippen LogP contribution in [-0.2, 0) is 6.42 Å². The van der Waals surface area contributed by atoms with Gasteiger partial charge in [0.15, 0.2) is 0 Å². The van der Waals surface area contributed by atoms with Gasteiger partial charge < -0.3 is 5.32 Å². The first-order chi connectivity index (χ1) is 7.63. The van der Waals surface area contributed by atoms with Crippen LogP contribution in [0.2, 0.25) is 0 Å². The Morgan fingerprint density at radius 3 is 2.81 bits per heavy atom. The van der Waals surface area contributed by atoms with E-state index in [0.29, 0.717) is 11.5 Å². The van der Waals surface area contributed by atoms with Gasteiger partial charge in [-0.25, -0.2) is 0 Å². The molecule has 0 aliphatic heterocycles. The molecule has 1 aromatic heterocycles. The minimum Gasteiger partial charge on any atom is -0.314 e. The third kappa shape index (κ3) is 2.62. The first-order valence-electron chi connectivity index (χ1n) is 6.26. The molecular weight excluding hydrogens is 196 g/mol. The van der Waals surface area contributed by atoms with Gasteiger partial charge in [-0.2, -0.15) is 0 Å². The Hall–Kier alpha value is -0.890. The smallest absolute Gasteiger partial charge is 0.0300 e. The van der Waals surface area contributed by atoms with Gasteiger partial charge in [0.1, 0.15) is 0 Å². The van der Waals surface area contributed by atoms with Crippen LogP contribution in [0.5, 0.6) is 0 Å². The molecule has 0 aromatic carbocycles. The van der Waals surface area contributed by atoms with E-state index in [2.05, 4.69) is 37.1 Å². The van der Waals surface area contributed by atoms with E-state index in [1.165, 1.54) is 12.0 Å². The van der Waals surface area contributed by atoms with Gasteiger partial charge in [-0.3, -0.25) is 4.98 Å². The van der Waals surface area contributed by atoms with E-state index in [9.17, 15) is 0 Å². The summed E-state index contributed by atoms with van der Waals surface area (Å²) in [5.74, 6) is 0.827. The fourth-order valence-corrected chi connectivity index (χ4v) is 2.59. The predicted molar refractivity (Wildman–Crippen MR) is 67.3 cm³/mol. The van der Waals surface area contributed by atoms with Crippen molar-refractivity contribution in [3.8, 4) is 0 Å². The van der Waals surface area contributed by atoms with Crippen molar-refractivity contribution in [2.24, 2.45) is 11.3 Å². The van der Waals surface area contributed by atoms with Crippen molar-refractivity contribution in [1.29, 1.82) is 0 Å². The fourth-order valence-electron chi connectivity index (χ4n) is 2.59. The largest absolute Gasteiger partial charge is 0.314 e. The maximum atomic E-state index is 4.19. The molecule has 0 spiro atoms. The second-order valence-corrected chi connectivity index (χ2v) is 5.53. The van der Waals surface area contributed by atoms with Gasteiger partial charge in [-0.05, 0) is 42.3 Å². The van der Waals surface area contributed by atoms with Crippen molar-refractivity contribution in [3.63, 3.8) is 0 Å². The van der Waals surface area contributed by atoms with E-state index in [-0.39, 0.29) is 0 Å². The zero-order valence-electron chi connectivity index (χ0n) is 10.5. The molecule has 2 heteroatoms. The van der Waals surface area contributed by atoms with E-state index in [1.807, 2.05) is 18.5 Å². The molecule has 1 aliphatic rings. The summed E-state index contributed by atoms with van der Waals surface area (Å²) in [6, 6.07) is 4.81. The van der Waals surface area contributed by atoms with Crippen molar-refractivity contribution in [2.45, 2.75) is 39.7 Å². The van der Waals surface area contributed by atoms with Gasteiger partial charge in [0, 0.05) is 18.4 Å². The third-order valence-corrected chi connectivity index (χ3v) is 3.72. The molecule has 1 aliphatic carbocycles. The Morgan fingerprint density at radius 1 is 1.56 bits per heavy atom. The first kappa shape index (κ1) is 11.6. The van der Waals surface area contributed by atoms with E-state index >= 15 is 0 Å². The average molecular weight is 218 g/mol. The number of rotatable bonds is 5. The molecule has 2 rings (SSSR count). The quantitative estimate of drug-likeness (QED) is 0.822. The molecule has 1 N–H and O–H groups in total. The molecule has 0 radical (unpaired) electrons. The van der Waals surface area contributed by atoms with Gasteiger partial charge in [0.25, 0.3) is 0 Å². The number of nitrogens with zero attached hydrogens (tertiary/aromatic N) is 1. The Bertz CT molecular complexity index is 332. The summed E-state index contributed by atoms with van der Waals surface area (Å²) >= 11 is 0. The molecule has 0 amide bonds. The van der Waals surface area contributed by atoms with Crippen LogP contribution in [0.25, 0.3) is 0 Å². The minimum atomic E-state index is 0.537. The Balaban J connectivity index is 1.99. The van der Waals surface area contributed by atoms with E-state index in [4.69, 9.17) is 0 Å². The highest BCUT2D eigenvalue weighted by atomic mass is 14.9. The molecule has 16 heavy (non-hydrogen) atoms. The van der Waals surface area contributed by atoms with E-state index in [1.54, 1.807) is 0 Å². The highest BCUT2D eigenvalue weighted by molar-refractivity contribution is 5.13. The van der Waals surface area contributed by atoms with Crippen molar-refractivity contribution in [3.05, 3.63) is 30.1 Å². The standard InChI is InChI=1S/C14H22N2/c1-4-16-13(12-9-14(12,2)3)8-11-6-5-7-15-10-11/h5-7,10,12-13,16H,4,8-9H2,1-3H3. The Kier molecular flexibility index (Phi) is 3.29. The first-order valence-corrected chi connectivity index (χ1v) is 6.26. The van der Waals surface area contributed by atoms with Gasteiger partial charge in [0.05, 0.1) is 0 Å².